The number of likely N-dealkylation sites (N-methyl/N-ethyl adjacent to an activating group) is 1. The zero-order valence-electron chi connectivity index (χ0n) is 24.2. The summed E-state index contributed by atoms with van der Waals surface area (Å²) in [6.45, 7) is 0. The predicted octanol–water partition coefficient (Wildman–Crippen LogP) is -0.900. The van der Waals surface area contributed by atoms with Gasteiger partial charge in [-0.2, -0.15) is 5.26 Å². The Morgan fingerprint density at radius 3 is 2.07 bits per heavy atom. The Balaban J connectivity index is 1.85. The van der Waals surface area contributed by atoms with E-state index < -0.39 is 86.2 Å². The predicted molar refractivity (Wildman–Crippen MR) is 157 cm³/mol. The van der Waals surface area contributed by atoms with Crippen LogP contribution in [0.3, 0.4) is 0 Å². The minimum Gasteiger partial charge on any atom is -0.509 e. The van der Waals surface area contributed by atoms with E-state index in [-0.39, 0.29) is 11.1 Å². The zero-order valence-corrected chi connectivity index (χ0v) is 24.2. The second kappa shape index (κ2) is 9.61. The molecule has 0 spiro atoms. The highest BCUT2D eigenvalue weighted by Crippen LogP contribution is 2.60. The summed E-state index contributed by atoms with van der Waals surface area (Å²) in [6, 6.07) is 9.46. The summed E-state index contributed by atoms with van der Waals surface area (Å²) in [4.78, 5) is 43.3. The van der Waals surface area contributed by atoms with Crippen molar-refractivity contribution in [3.63, 3.8) is 0 Å². The molecular weight excluding hydrogens is 572 g/mol. The molecule has 2 aromatic carbocycles. The molecule has 3 aliphatic carbocycles. The Hall–Kier alpha value is -4.78. The highest BCUT2D eigenvalue weighted by atomic mass is 16.3. The van der Waals surface area contributed by atoms with E-state index in [4.69, 9.17) is 17.2 Å². The number of nitrogens with zero attached hydrogens (tertiary/aromatic N) is 3. The van der Waals surface area contributed by atoms with Crippen molar-refractivity contribution in [2.45, 2.75) is 29.3 Å². The lowest BCUT2D eigenvalue weighted by atomic mass is 9.45. The van der Waals surface area contributed by atoms with Crippen LogP contribution in [-0.2, 0) is 14.4 Å². The molecule has 0 heterocycles. The number of anilines is 1. The quantitative estimate of drug-likeness (QED) is 0.197. The fourth-order valence-corrected chi connectivity index (χ4v) is 6.98. The van der Waals surface area contributed by atoms with Crippen LogP contribution in [0.25, 0.3) is 16.9 Å². The molecule has 0 radical (unpaired) electrons. The number of carbonyl (C=O) groups is 3. The molecule has 14 heteroatoms. The third kappa shape index (κ3) is 3.38. The second-order valence-corrected chi connectivity index (χ2v) is 11.8. The monoisotopic (exact) mass is 604 g/mol. The molecule has 0 saturated heterocycles. The van der Waals surface area contributed by atoms with Gasteiger partial charge in [0.05, 0.1) is 23.2 Å². The fourth-order valence-electron chi connectivity index (χ4n) is 6.98. The summed E-state index contributed by atoms with van der Waals surface area (Å²) in [6.07, 6.45) is -4.45. The molecule has 230 valence electrons. The number of phenols is 1. The van der Waals surface area contributed by atoms with Crippen LogP contribution in [0.5, 0.6) is 5.75 Å². The molecule has 11 N–H and O–H groups in total. The molecule has 0 bridgehead atoms. The van der Waals surface area contributed by atoms with E-state index >= 15 is 0 Å². The van der Waals surface area contributed by atoms with Crippen LogP contribution in [-0.4, -0.2) is 99.3 Å². The van der Waals surface area contributed by atoms with E-state index in [0.29, 0.717) is 5.56 Å². The number of hydrogen-bond donors (Lipinski definition) is 8. The lowest BCUT2D eigenvalue weighted by molar-refractivity contribution is -0.158. The third-order valence-electron chi connectivity index (χ3n) is 9.15. The third-order valence-corrected chi connectivity index (χ3v) is 9.15. The number of primary amides is 1. The molecule has 1 saturated carbocycles. The average Bonchev–Trinajstić information content (AvgIpc) is 2.94. The topological polar surface area (TPSA) is 261 Å². The van der Waals surface area contributed by atoms with Gasteiger partial charge in [-0.1, -0.05) is 24.3 Å². The van der Waals surface area contributed by atoms with E-state index in [1.54, 1.807) is 30.3 Å². The van der Waals surface area contributed by atoms with Crippen molar-refractivity contribution in [3.05, 3.63) is 64.4 Å². The number of fused-ring (bicyclic) bond motifs is 3. The van der Waals surface area contributed by atoms with E-state index in [0.717, 1.165) is 10.6 Å². The maximum atomic E-state index is 14.5. The first kappa shape index (κ1) is 30.7. The Morgan fingerprint density at radius 2 is 1.57 bits per heavy atom. The molecule has 6 atom stereocenters. The van der Waals surface area contributed by atoms with Gasteiger partial charge in [-0.15, -0.1) is 0 Å². The summed E-state index contributed by atoms with van der Waals surface area (Å²) >= 11 is 0. The van der Waals surface area contributed by atoms with Gasteiger partial charge >= 0.3 is 0 Å². The summed E-state index contributed by atoms with van der Waals surface area (Å²) in [7, 11) is 6.30. The molecule has 14 nitrogen and oxygen atoms in total. The Labute approximate surface area is 251 Å². The first-order chi connectivity index (χ1) is 20.5. The zero-order chi connectivity index (χ0) is 32.8. The molecule has 1 fully saturated rings. The van der Waals surface area contributed by atoms with Crippen molar-refractivity contribution in [3.8, 4) is 22.9 Å². The van der Waals surface area contributed by atoms with Crippen LogP contribution in [0.15, 0.2) is 53.3 Å². The van der Waals surface area contributed by atoms with E-state index in [1.165, 1.54) is 26.2 Å². The molecule has 1 amide bonds. The summed E-state index contributed by atoms with van der Waals surface area (Å²) < 4.78 is 0. The number of benzene rings is 2. The van der Waals surface area contributed by atoms with E-state index in [1.807, 2.05) is 19.0 Å². The molecule has 5 rings (SSSR count). The maximum Gasteiger partial charge on any atom is 0.255 e. The fraction of sp³-hybridized carbons (Fsp3) is 0.333. The van der Waals surface area contributed by atoms with Crippen molar-refractivity contribution >= 4 is 28.9 Å². The Kier molecular flexibility index (Phi) is 6.70. The number of carbonyl (C=O) groups excluding carboxylic acids is 3. The number of ketones is 2. The number of hydrogen-bond acceptors (Lipinski definition) is 13. The van der Waals surface area contributed by atoms with Crippen molar-refractivity contribution in [1.29, 1.82) is 5.26 Å². The van der Waals surface area contributed by atoms with Crippen LogP contribution in [0.4, 0.5) is 5.69 Å². The Bertz CT molecular complexity index is 1760. The number of aromatic hydroxyl groups is 1. The number of phenolic OH excluding ortho intramolecular Hbond substituents is 1. The number of aliphatic hydroxyl groups is 4. The normalized spacial score (nSPS) is 31.3. The van der Waals surface area contributed by atoms with Crippen molar-refractivity contribution in [1.82, 2.24) is 4.90 Å². The smallest absolute Gasteiger partial charge is 0.255 e. The highest BCUT2D eigenvalue weighted by molar-refractivity contribution is 6.26. The second-order valence-electron chi connectivity index (χ2n) is 11.8. The number of aliphatic hydroxyl groups excluding tert-OH is 4. The number of amides is 1. The number of nitriles is 1. The number of Topliss-reactive ketones (excluding diaryl/α,β-unsaturated/α-hetero) is 2. The van der Waals surface area contributed by atoms with E-state index in [9.17, 15) is 45.2 Å². The minimum atomic E-state index is -3.10. The number of rotatable bonds is 4. The summed E-state index contributed by atoms with van der Waals surface area (Å²) in [5.74, 6) is -7.18. The first-order valence-electron chi connectivity index (χ1n) is 13.4. The minimum absolute atomic E-state index is 0.194. The number of nitrogens with two attached hydrogens (primary N) is 3. The van der Waals surface area contributed by atoms with Gasteiger partial charge in [-0.05, 0) is 37.4 Å². The van der Waals surface area contributed by atoms with Gasteiger partial charge in [-0.25, -0.2) is 0 Å². The lowest BCUT2D eigenvalue weighted by Gasteiger charge is -2.61. The largest absolute Gasteiger partial charge is 0.509 e. The summed E-state index contributed by atoms with van der Waals surface area (Å²) in [5, 5.41) is 68.5. The van der Waals surface area contributed by atoms with Gasteiger partial charge in [0.1, 0.15) is 46.1 Å². The van der Waals surface area contributed by atoms with Crippen LogP contribution in [0.1, 0.15) is 17.2 Å². The molecule has 3 aliphatic rings. The molecular formula is C30H32N6O8. The molecule has 0 unspecified atom stereocenters. The maximum absolute atomic E-state index is 14.5. The van der Waals surface area contributed by atoms with Gasteiger partial charge in [0.2, 0.25) is 0 Å². The van der Waals surface area contributed by atoms with Crippen LogP contribution in [0.2, 0.25) is 0 Å². The van der Waals surface area contributed by atoms with Gasteiger partial charge in [0, 0.05) is 25.3 Å². The molecule has 2 aromatic rings. The Morgan fingerprint density at radius 1 is 0.977 bits per heavy atom. The standard InChI is InChI=1S/C30H32N6O8/c1-35(2)13-7-5-12(6-8-13)14-9-10-15-16(19(14)37)20(38)18-25(42)28(11-31)24(41)17(26(32)43)21(39)22(36(3)4)30(28,34)27(44)29(18,33)23(15)40/h5-10,22-23,27,37-38,40-41,44H,33-34H2,1-4H3,(H2,32,43)/t22-,23+,27+,28+,29-,30+/m1/s1. The van der Waals surface area contributed by atoms with E-state index in [2.05, 4.69) is 0 Å². The molecule has 0 aromatic heterocycles. The van der Waals surface area contributed by atoms with Gasteiger partial charge < -0.3 is 47.6 Å². The average molecular weight is 605 g/mol. The molecule has 44 heavy (non-hydrogen) atoms. The van der Waals surface area contributed by atoms with Crippen LogP contribution < -0.4 is 22.1 Å². The van der Waals surface area contributed by atoms with Crippen LogP contribution >= 0.6 is 0 Å². The van der Waals surface area contributed by atoms with Crippen molar-refractivity contribution in [2.24, 2.45) is 22.6 Å². The first-order valence-corrected chi connectivity index (χ1v) is 13.4. The molecule has 0 aliphatic heterocycles. The van der Waals surface area contributed by atoms with Gasteiger partial charge in [-0.3, -0.25) is 19.3 Å². The van der Waals surface area contributed by atoms with Crippen LogP contribution in [0, 0.1) is 16.7 Å². The van der Waals surface area contributed by atoms with Gasteiger partial charge in [0.25, 0.3) is 5.91 Å². The lowest BCUT2D eigenvalue weighted by Crippen LogP contribution is -2.87. The van der Waals surface area contributed by atoms with Crippen molar-refractivity contribution < 1.29 is 39.9 Å². The highest BCUT2D eigenvalue weighted by Gasteiger charge is 2.79. The van der Waals surface area contributed by atoms with Crippen molar-refractivity contribution in [2.75, 3.05) is 33.1 Å². The van der Waals surface area contributed by atoms with Gasteiger partial charge in [0.15, 0.2) is 17.0 Å². The SMILES string of the molecule is CN(C)c1ccc(-c2ccc3c(c2O)C(O)=C2C(=O)[C@]4(C#N)C(O)=C(C(N)=O)C(=O)[C@@H](N(C)C)[C@]4(N)[C@@H](O)[C@]2(N)[C@H]3O)cc1. The summed E-state index contributed by atoms with van der Waals surface area (Å²) in [5.41, 5.74) is 8.97.